The lowest BCUT2D eigenvalue weighted by Gasteiger charge is -2.33. The van der Waals surface area contributed by atoms with E-state index in [0.29, 0.717) is 54.2 Å². The molecule has 0 atom stereocenters. The number of hydrogen-bond donors (Lipinski definition) is 1. The summed E-state index contributed by atoms with van der Waals surface area (Å²) in [6.07, 6.45) is 6.55. The number of ether oxygens (including phenoxy) is 1. The van der Waals surface area contributed by atoms with Crippen LogP contribution in [0.4, 0.5) is 15.8 Å². The van der Waals surface area contributed by atoms with Crippen LogP contribution >= 0.6 is 0 Å². The molecule has 3 aromatic carbocycles. The molecule has 1 aliphatic rings. The van der Waals surface area contributed by atoms with Crippen LogP contribution in [-0.4, -0.2) is 53.8 Å². The summed E-state index contributed by atoms with van der Waals surface area (Å²) in [4.78, 5) is 39.1. The lowest BCUT2D eigenvalue weighted by atomic mass is 9.89. The summed E-state index contributed by atoms with van der Waals surface area (Å²) in [6, 6.07) is 25.1. The van der Waals surface area contributed by atoms with Gasteiger partial charge in [-0.15, -0.1) is 0 Å². The number of likely N-dealkylation sites (tertiary alicyclic amines) is 1. The maximum atomic E-state index is 13.7. The highest BCUT2D eigenvalue weighted by Gasteiger charge is 2.27. The highest BCUT2D eigenvalue weighted by Crippen LogP contribution is 2.23. The topological polar surface area (TPSA) is 111 Å². The minimum Gasteiger partial charge on any atom is -0.425 e. The van der Waals surface area contributed by atoms with Crippen LogP contribution in [0.25, 0.3) is 0 Å². The molecule has 0 spiro atoms. The third-order valence-electron chi connectivity index (χ3n) is 7.40. The highest BCUT2D eigenvalue weighted by atomic mass is 19.1. The predicted octanol–water partition coefficient (Wildman–Crippen LogP) is 5.60. The van der Waals surface area contributed by atoms with Crippen LogP contribution in [0.15, 0.2) is 108 Å². The number of amidine groups is 1. The van der Waals surface area contributed by atoms with E-state index in [2.05, 4.69) is 20.2 Å². The first-order chi connectivity index (χ1) is 21.5. The SMILES string of the molecule is N#CNC(=Nc1ccc(C(=O)N(CCN2CCC(C(=O)c3ccc(F)cc3)CC2)c2cccnc2)cc1)Oc1ccccc1. The van der Waals surface area contributed by atoms with Gasteiger partial charge in [0.2, 0.25) is 0 Å². The Hall–Kier alpha value is -5.40. The summed E-state index contributed by atoms with van der Waals surface area (Å²) in [7, 11) is 0. The van der Waals surface area contributed by atoms with E-state index in [0.717, 1.165) is 13.1 Å². The van der Waals surface area contributed by atoms with Gasteiger partial charge in [-0.25, -0.2) is 9.71 Å². The maximum Gasteiger partial charge on any atom is 0.309 e. The largest absolute Gasteiger partial charge is 0.425 e. The lowest BCUT2D eigenvalue weighted by molar-refractivity contribution is 0.0841. The number of hydrogen-bond acceptors (Lipinski definition) is 7. The van der Waals surface area contributed by atoms with E-state index < -0.39 is 0 Å². The quantitative estimate of drug-likeness (QED) is 0.0888. The number of carbonyl (C=O) groups excluding carboxylic acids is 2. The van der Waals surface area contributed by atoms with Crippen LogP contribution in [0, 0.1) is 23.2 Å². The Kier molecular flexibility index (Phi) is 10.0. The molecule has 1 amide bonds. The van der Waals surface area contributed by atoms with Crippen molar-refractivity contribution in [3.8, 4) is 11.9 Å². The molecule has 222 valence electrons. The standard InChI is InChI=1S/C34H31FN6O3/c35-28-12-8-25(9-13-28)32(42)26-16-19-40(20-17-26)21-22-41(30-5-4-18-37-23-30)33(43)27-10-14-29(15-11-27)39-34(38-24-36)44-31-6-2-1-3-7-31/h1-15,18,23,26H,16-17,19-22H2,(H,38,39). The number of aliphatic imine (C=N–C) groups is 1. The Morgan fingerprint density at radius 1 is 0.977 bits per heavy atom. The zero-order valence-electron chi connectivity index (χ0n) is 24.0. The van der Waals surface area contributed by atoms with Gasteiger partial charge in [0.1, 0.15) is 11.6 Å². The average molecular weight is 591 g/mol. The number of nitriles is 1. The van der Waals surface area contributed by atoms with Gasteiger partial charge in [-0.3, -0.25) is 14.6 Å². The van der Waals surface area contributed by atoms with E-state index in [4.69, 9.17) is 10.00 Å². The van der Waals surface area contributed by atoms with Gasteiger partial charge in [-0.1, -0.05) is 18.2 Å². The Bertz CT molecular complexity index is 1620. The second-order valence-electron chi connectivity index (χ2n) is 10.3. The molecular formula is C34H31FN6O3. The van der Waals surface area contributed by atoms with Crippen molar-refractivity contribution < 1.29 is 18.7 Å². The van der Waals surface area contributed by atoms with Crippen molar-refractivity contribution in [3.63, 3.8) is 0 Å². The number of ketones is 1. The summed E-state index contributed by atoms with van der Waals surface area (Å²) in [6.45, 7) is 2.51. The number of pyridine rings is 1. The van der Waals surface area contributed by atoms with Gasteiger partial charge in [0.15, 0.2) is 12.0 Å². The van der Waals surface area contributed by atoms with Gasteiger partial charge < -0.3 is 14.5 Å². The minimum atomic E-state index is -0.357. The zero-order valence-corrected chi connectivity index (χ0v) is 24.0. The molecule has 1 aliphatic heterocycles. The van der Waals surface area contributed by atoms with Gasteiger partial charge in [0.25, 0.3) is 5.91 Å². The van der Waals surface area contributed by atoms with Gasteiger partial charge in [-0.05, 0) is 98.7 Å². The third-order valence-corrected chi connectivity index (χ3v) is 7.40. The third kappa shape index (κ3) is 7.91. The molecule has 0 radical (unpaired) electrons. The van der Waals surface area contributed by atoms with Crippen LogP contribution in [0.5, 0.6) is 5.75 Å². The number of amides is 1. The van der Waals surface area contributed by atoms with Gasteiger partial charge in [0.05, 0.1) is 17.6 Å². The molecule has 1 N–H and O–H groups in total. The molecule has 5 rings (SSSR count). The number of rotatable bonds is 9. The maximum absolute atomic E-state index is 13.7. The number of anilines is 1. The summed E-state index contributed by atoms with van der Waals surface area (Å²) in [5.41, 5.74) is 2.19. The molecule has 0 aliphatic carbocycles. The van der Waals surface area contributed by atoms with Crippen molar-refractivity contribution in [3.05, 3.63) is 120 Å². The van der Waals surface area contributed by atoms with Crippen molar-refractivity contribution in [2.45, 2.75) is 12.8 Å². The molecule has 4 aromatic rings. The number of halogens is 1. The van der Waals surface area contributed by atoms with Crippen molar-refractivity contribution in [2.75, 3.05) is 31.1 Å². The molecular weight excluding hydrogens is 559 g/mol. The van der Waals surface area contributed by atoms with Crippen LogP contribution in [0.2, 0.25) is 0 Å². The summed E-state index contributed by atoms with van der Waals surface area (Å²) in [5.74, 6) is -0.0749. The molecule has 2 heterocycles. The summed E-state index contributed by atoms with van der Waals surface area (Å²) < 4.78 is 18.9. The smallest absolute Gasteiger partial charge is 0.309 e. The Morgan fingerprint density at radius 3 is 2.34 bits per heavy atom. The second-order valence-corrected chi connectivity index (χ2v) is 10.3. The molecule has 0 saturated carbocycles. The number of carbonyl (C=O) groups is 2. The highest BCUT2D eigenvalue weighted by molar-refractivity contribution is 6.06. The van der Waals surface area contributed by atoms with Crippen LogP contribution in [0.1, 0.15) is 33.6 Å². The van der Waals surface area contributed by atoms with Gasteiger partial charge >= 0.3 is 6.02 Å². The number of nitrogens with zero attached hydrogens (tertiary/aromatic N) is 5. The number of aromatic nitrogens is 1. The molecule has 44 heavy (non-hydrogen) atoms. The zero-order chi connectivity index (χ0) is 30.7. The molecule has 1 aromatic heterocycles. The van der Waals surface area contributed by atoms with E-state index >= 15 is 0 Å². The van der Waals surface area contributed by atoms with Crippen molar-refractivity contribution >= 4 is 29.1 Å². The first kappa shape index (κ1) is 30.1. The van der Waals surface area contributed by atoms with E-state index in [-0.39, 0.29) is 29.4 Å². The average Bonchev–Trinajstić information content (AvgIpc) is 3.06. The molecule has 10 heteroatoms. The lowest BCUT2D eigenvalue weighted by Crippen LogP contribution is -2.43. The fourth-order valence-electron chi connectivity index (χ4n) is 5.05. The van der Waals surface area contributed by atoms with Gasteiger partial charge in [-0.2, -0.15) is 10.3 Å². The first-order valence-electron chi connectivity index (χ1n) is 14.3. The monoisotopic (exact) mass is 590 g/mol. The number of benzene rings is 3. The summed E-state index contributed by atoms with van der Waals surface area (Å²) in [5, 5.41) is 11.5. The first-order valence-corrected chi connectivity index (χ1v) is 14.3. The number of piperidine rings is 1. The summed E-state index contributed by atoms with van der Waals surface area (Å²) >= 11 is 0. The molecule has 1 fully saturated rings. The van der Waals surface area contributed by atoms with E-state index in [1.807, 2.05) is 30.5 Å². The minimum absolute atomic E-state index is 0.0119. The van der Waals surface area contributed by atoms with Crippen LogP contribution in [-0.2, 0) is 0 Å². The predicted molar refractivity (Wildman–Crippen MR) is 165 cm³/mol. The van der Waals surface area contributed by atoms with Crippen molar-refractivity contribution in [2.24, 2.45) is 10.9 Å². The van der Waals surface area contributed by atoms with E-state index in [1.54, 1.807) is 71.9 Å². The molecule has 1 saturated heterocycles. The van der Waals surface area contributed by atoms with Crippen LogP contribution in [0.3, 0.4) is 0 Å². The van der Waals surface area contributed by atoms with E-state index in [1.165, 1.54) is 12.1 Å². The van der Waals surface area contributed by atoms with Gasteiger partial charge in [0, 0.05) is 36.3 Å². The molecule has 9 nitrogen and oxygen atoms in total. The van der Waals surface area contributed by atoms with Crippen molar-refractivity contribution in [1.29, 1.82) is 5.26 Å². The fraction of sp³-hybridized carbons (Fsp3) is 0.206. The normalized spacial score (nSPS) is 14.0. The fourth-order valence-corrected chi connectivity index (χ4v) is 5.05. The Balaban J connectivity index is 1.23. The van der Waals surface area contributed by atoms with Crippen molar-refractivity contribution in [1.82, 2.24) is 15.2 Å². The Morgan fingerprint density at radius 2 is 1.68 bits per heavy atom. The number of Topliss-reactive ketones (excluding diaryl/α,β-unsaturated/α-hetero) is 1. The van der Waals surface area contributed by atoms with E-state index in [9.17, 15) is 14.0 Å². The Labute approximate surface area is 255 Å². The number of para-hydroxylation sites is 1. The number of nitrogens with one attached hydrogen (secondary N) is 1. The second kappa shape index (κ2) is 14.7. The van der Waals surface area contributed by atoms with Crippen LogP contribution < -0.4 is 15.0 Å². The molecule has 0 bridgehead atoms. The molecule has 0 unspecified atom stereocenters.